The SMILES string of the molecule is CSC(C)(C)CNCc1ccc2nc(C)ccc2c1. The van der Waals surface area contributed by atoms with E-state index < -0.39 is 0 Å². The summed E-state index contributed by atoms with van der Waals surface area (Å²) in [5.74, 6) is 0. The van der Waals surface area contributed by atoms with Gasteiger partial charge >= 0.3 is 0 Å². The lowest BCUT2D eigenvalue weighted by Crippen LogP contribution is -2.31. The molecule has 1 aromatic carbocycles. The molecule has 0 aliphatic rings. The van der Waals surface area contributed by atoms with Gasteiger partial charge in [-0.15, -0.1) is 0 Å². The van der Waals surface area contributed by atoms with Gasteiger partial charge in [0, 0.05) is 28.9 Å². The molecule has 2 rings (SSSR count). The minimum atomic E-state index is 0.287. The lowest BCUT2D eigenvalue weighted by Gasteiger charge is -2.22. The number of rotatable bonds is 5. The lowest BCUT2D eigenvalue weighted by atomic mass is 10.1. The van der Waals surface area contributed by atoms with Gasteiger partial charge < -0.3 is 5.32 Å². The van der Waals surface area contributed by atoms with Crippen LogP contribution in [0.4, 0.5) is 0 Å². The number of aromatic nitrogens is 1. The molecule has 19 heavy (non-hydrogen) atoms. The van der Waals surface area contributed by atoms with E-state index in [0.717, 1.165) is 24.3 Å². The van der Waals surface area contributed by atoms with E-state index in [2.05, 4.69) is 60.7 Å². The van der Waals surface area contributed by atoms with Crippen LogP contribution in [0.15, 0.2) is 30.3 Å². The maximum absolute atomic E-state index is 4.53. The van der Waals surface area contributed by atoms with Crippen molar-refractivity contribution < 1.29 is 0 Å². The highest BCUT2D eigenvalue weighted by atomic mass is 32.2. The number of benzene rings is 1. The van der Waals surface area contributed by atoms with Crippen LogP contribution in [0.3, 0.4) is 0 Å². The topological polar surface area (TPSA) is 24.9 Å². The highest BCUT2D eigenvalue weighted by molar-refractivity contribution is 7.99. The number of fused-ring (bicyclic) bond motifs is 1. The average molecular weight is 274 g/mol. The smallest absolute Gasteiger partial charge is 0.0705 e. The first kappa shape index (κ1) is 14.4. The fourth-order valence-corrected chi connectivity index (χ4v) is 2.21. The molecule has 0 aliphatic carbocycles. The Morgan fingerprint density at radius 2 is 2.00 bits per heavy atom. The van der Waals surface area contributed by atoms with E-state index in [9.17, 15) is 0 Å². The first-order chi connectivity index (χ1) is 9.00. The summed E-state index contributed by atoms with van der Waals surface area (Å²) in [6.07, 6.45) is 2.16. The van der Waals surface area contributed by atoms with Gasteiger partial charge in [0.25, 0.3) is 0 Å². The van der Waals surface area contributed by atoms with Gasteiger partial charge in [-0.2, -0.15) is 11.8 Å². The molecule has 0 aliphatic heterocycles. The summed E-state index contributed by atoms with van der Waals surface area (Å²) >= 11 is 1.89. The Balaban J connectivity index is 2.04. The highest BCUT2D eigenvalue weighted by Gasteiger charge is 2.14. The van der Waals surface area contributed by atoms with Crippen LogP contribution in [-0.2, 0) is 6.54 Å². The second-order valence-corrected chi connectivity index (χ2v) is 7.06. The third-order valence-corrected chi connectivity index (χ3v) is 4.57. The van der Waals surface area contributed by atoms with E-state index in [1.807, 2.05) is 18.7 Å². The van der Waals surface area contributed by atoms with Crippen molar-refractivity contribution in [1.82, 2.24) is 10.3 Å². The standard InChI is InChI=1S/C16H22N2S/c1-12-5-7-14-9-13(6-8-15(14)18-12)10-17-11-16(2,3)19-4/h5-9,17H,10-11H2,1-4H3. The fraction of sp³-hybridized carbons (Fsp3) is 0.438. The fourth-order valence-electron chi connectivity index (χ4n) is 1.97. The summed E-state index contributed by atoms with van der Waals surface area (Å²) in [5, 5.41) is 4.74. The molecule has 0 unspecified atom stereocenters. The molecule has 0 fully saturated rings. The molecule has 1 heterocycles. The summed E-state index contributed by atoms with van der Waals surface area (Å²) in [5.41, 5.74) is 3.46. The van der Waals surface area contributed by atoms with Gasteiger partial charge in [-0.3, -0.25) is 4.98 Å². The molecule has 0 saturated heterocycles. The van der Waals surface area contributed by atoms with Crippen molar-refractivity contribution in [2.45, 2.75) is 32.1 Å². The van der Waals surface area contributed by atoms with Crippen molar-refractivity contribution in [2.24, 2.45) is 0 Å². The van der Waals surface area contributed by atoms with Gasteiger partial charge in [0.2, 0.25) is 0 Å². The Morgan fingerprint density at radius 3 is 2.74 bits per heavy atom. The van der Waals surface area contributed by atoms with E-state index in [-0.39, 0.29) is 4.75 Å². The number of aryl methyl sites for hydroxylation is 1. The summed E-state index contributed by atoms with van der Waals surface area (Å²) in [6.45, 7) is 8.47. The monoisotopic (exact) mass is 274 g/mol. The molecule has 2 aromatic rings. The van der Waals surface area contributed by atoms with Gasteiger partial charge in [0.05, 0.1) is 5.52 Å². The van der Waals surface area contributed by atoms with E-state index >= 15 is 0 Å². The summed E-state index contributed by atoms with van der Waals surface area (Å²) in [4.78, 5) is 4.53. The Bertz CT molecular complexity index is 564. The molecule has 102 valence electrons. The zero-order valence-corrected chi connectivity index (χ0v) is 13.0. The van der Waals surface area contributed by atoms with Gasteiger partial charge in [-0.1, -0.05) is 12.1 Å². The number of nitrogens with one attached hydrogen (secondary N) is 1. The van der Waals surface area contributed by atoms with Gasteiger partial charge in [0.1, 0.15) is 0 Å². The molecule has 0 amide bonds. The van der Waals surface area contributed by atoms with Crippen molar-refractivity contribution in [3.63, 3.8) is 0 Å². The Hall–Kier alpha value is -1.06. The number of thioether (sulfide) groups is 1. The molecular formula is C16H22N2S. The molecule has 1 aromatic heterocycles. The maximum Gasteiger partial charge on any atom is 0.0705 e. The number of pyridine rings is 1. The van der Waals surface area contributed by atoms with Gasteiger partial charge in [0.15, 0.2) is 0 Å². The first-order valence-corrected chi connectivity index (χ1v) is 7.85. The Morgan fingerprint density at radius 1 is 1.21 bits per heavy atom. The van der Waals surface area contributed by atoms with Crippen LogP contribution >= 0.6 is 11.8 Å². The summed E-state index contributed by atoms with van der Waals surface area (Å²) in [6, 6.07) is 10.7. The Kier molecular flexibility index (Phi) is 4.48. The van der Waals surface area contributed by atoms with E-state index in [1.165, 1.54) is 10.9 Å². The summed E-state index contributed by atoms with van der Waals surface area (Å²) in [7, 11) is 0. The van der Waals surface area contributed by atoms with Crippen LogP contribution in [0.2, 0.25) is 0 Å². The zero-order valence-electron chi connectivity index (χ0n) is 12.2. The van der Waals surface area contributed by atoms with Crippen molar-refractivity contribution in [1.29, 1.82) is 0 Å². The molecule has 0 bridgehead atoms. The number of hydrogen-bond acceptors (Lipinski definition) is 3. The second kappa shape index (κ2) is 5.93. The average Bonchev–Trinajstić information content (AvgIpc) is 2.39. The third-order valence-electron chi connectivity index (χ3n) is 3.33. The third kappa shape index (κ3) is 3.95. The van der Waals surface area contributed by atoms with Crippen LogP contribution in [0, 0.1) is 6.92 Å². The largest absolute Gasteiger partial charge is 0.311 e. The minimum Gasteiger partial charge on any atom is -0.311 e. The lowest BCUT2D eigenvalue weighted by molar-refractivity contribution is 0.591. The highest BCUT2D eigenvalue weighted by Crippen LogP contribution is 2.20. The van der Waals surface area contributed by atoms with Crippen molar-refractivity contribution >= 4 is 22.7 Å². The van der Waals surface area contributed by atoms with Gasteiger partial charge in [-0.25, -0.2) is 0 Å². The summed E-state index contributed by atoms with van der Waals surface area (Å²) < 4.78 is 0.287. The minimum absolute atomic E-state index is 0.287. The zero-order chi connectivity index (χ0) is 13.9. The molecule has 0 atom stereocenters. The molecule has 1 N–H and O–H groups in total. The van der Waals surface area contributed by atoms with E-state index in [1.54, 1.807) is 0 Å². The maximum atomic E-state index is 4.53. The van der Waals surface area contributed by atoms with Crippen molar-refractivity contribution in [2.75, 3.05) is 12.8 Å². The first-order valence-electron chi connectivity index (χ1n) is 6.62. The Labute approximate surface area is 120 Å². The van der Waals surface area contributed by atoms with Crippen molar-refractivity contribution in [3.05, 3.63) is 41.6 Å². The molecule has 0 saturated carbocycles. The van der Waals surface area contributed by atoms with E-state index in [0.29, 0.717) is 0 Å². The molecule has 3 heteroatoms. The predicted octanol–water partition coefficient (Wildman–Crippen LogP) is 3.77. The van der Waals surface area contributed by atoms with Gasteiger partial charge in [-0.05, 0) is 50.8 Å². The number of nitrogens with zero attached hydrogens (tertiary/aromatic N) is 1. The number of hydrogen-bond donors (Lipinski definition) is 1. The molecule has 0 radical (unpaired) electrons. The van der Waals surface area contributed by atoms with Crippen LogP contribution in [0.25, 0.3) is 10.9 Å². The predicted molar refractivity (Wildman–Crippen MR) is 85.8 cm³/mol. The van der Waals surface area contributed by atoms with Crippen molar-refractivity contribution in [3.8, 4) is 0 Å². The van der Waals surface area contributed by atoms with Crippen LogP contribution in [-0.4, -0.2) is 22.5 Å². The molecule has 0 spiro atoms. The second-order valence-electron chi connectivity index (χ2n) is 5.55. The van der Waals surface area contributed by atoms with Crippen LogP contribution in [0.1, 0.15) is 25.1 Å². The van der Waals surface area contributed by atoms with E-state index in [4.69, 9.17) is 0 Å². The molecular weight excluding hydrogens is 252 g/mol. The van der Waals surface area contributed by atoms with Crippen LogP contribution < -0.4 is 5.32 Å². The van der Waals surface area contributed by atoms with Crippen LogP contribution in [0.5, 0.6) is 0 Å². The molecule has 2 nitrogen and oxygen atoms in total. The quantitative estimate of drug-likeness (QED) is 0.898. The normalized spacial score (nSPS) is 12.0.